The van der Waals surface area contributed by atoms with Crippen LogP contribution in [0, 0.1) is 11.3 Å². The maximum absolute atomic E-state index is 9.40. The molecule has 1 heterocycles. The van der Waals surface area contributed by atoms with Crippen LogP contribution in [-0.2, 0) is 0 Å². The molecule has 0 unspecified atom stereocenters. The first-order chi connectivity index (χ1) is 11.8. The van der Waals surface area contributed by atoms with E-state index < -0.39 is 0 Å². The second-order valence-electron chi connectivity index (χ2n) is 4.93. The molecule has 0 amide bonds. The average Bonchev–Trinajstić information content (AvgIpc) is 3.02. The van der Waals surface area contributed by atoms with Crippen LogP contribution in [0.5, 0.6) is 5.75 Å². The van der Waals surface area contributed by atoms with Crippen LogP contribution in [0.15, 0.2) is 59.6 Å². The minimum atomic E-state index is 0.359. The Labute approximate surface area is 139 Å². The minimum absolute atomic E-state index is 0.359. The second kappa shape index (κ2) is 7.11. The lowest BCUT2D eigenvalue weighted by Gasteiger charge is -2.02. The molecule has 0 bridgehead atoms. The molecular weight excluding hydrogens is 302 g/mol. The molecule has 0 spiro atoms. The lowest BCUT2D eigenvalue weighted by molar-refractivity contribution is 0.415. The molecule has 118 valence electrons. The number of nitriles is 1. The number of aliphatic imine (C=N–C) groups is 1. The number of methoxy groups -OCH3 is 1. The largest absolute Gasteiger partial charge is 0.497 e. The number of rotatable bonds is 5. The van der Waals surface area contributed by atoms with E-state index in [0.717, 1.165) is 17.0 Å². The Balaban J connectivity index is 1.84. The lowest BCUT2D eigenvalue weighted by Crippen LogP contribution is -1.92. The molecule has 2 aromatic carbocycles. The minimum Gasteiger partial charge on any atom is -0.497 e. The van der Waals surface area contributed by atoms with Gasteiger partial charge >= 0.3 is 0 Å². The van der Waals surface area contributed by atoms with Crippen molar-refractivity contribution in [3.63, 3.8) is 0 Å². The molecule has 0 radical (unpaired) electrons. The van der Waals surface area contributed by atoms with Crippen molar-refractivity contribution < 1.29 is 4.74 Å². The lowest BCUT2D eigenvalue weighted by atomic mass is 10.2. The maximum Gasteiger partial charge on any atom is 0.172 e. The molecule has 1 aromatic heterocycles. The number of nitrogens with zero attached hydrogens (tertiary/aromatic N) is 3. The van der Waals surface area contributed by atoms with Crippen molar-refractivity contribution in [1.82, 2.24) is 10.2 Å². The van der Waals surface area contributed by atoms with Gasteiger partial charge in [-0.2, -0.15) is 10.4 Å². The Morgan fingerprint density at radius 2 is 2.04 bits per heavy atom. The predicted molar refractivity (Wildman–Crippen MR) is 93.3 cm³/mol. The monoisotopic (exact) mass is 317 g/mol. The smallest absolute Gasteiger partial charge is 0.172 e. The highest BCUT2D eigenvalue weighted by atomic mass is 16.5. The van der Waals surface area contributed by atoms with Crippen molar-refractivity contribution in [2.24, 2.45) is 4.99 Å². The molecule has 6 heteroatoms. The molecule has 6 nitrogen and oxygen atoms in total. The average molecular weight is 317 g/mol. The highest BCUT2D eigenvalue weighted by molar-refractivity contribution is 5.83. The number of para-hydroxylation sites is 1. The van der Waals surface area contributed by atoms with Crippen LogP contribution in [0.25, 0.3) is 0 Å². The SMILES string of the molecule is COc1cccc(/C=N/c2[nH]nc(Nc3ccccc3)c2C#N)c1. The Hall–Kier alpha value is -3.59. The Kier molecular flexibility index (Phi) is 4.54. The summed E-state index contributed by atoms with van der Waals surface area (Å²) in [6.07, 6.45) is 1.66. The van der Waals surface area contributed by atoms with E-state index in [0.29, 0.717) is 17.2 Å². The van der Waals surface area contributed by atoms with E-state index >= 15 is 0 Å². The van der Waals surface area contributed by atoms with E-state index in [4.69, 9.17) is 4.74 Å². The fraction of sp³-hybridized carbons (Fsp3) is 0.0556. The fourth-order valence-corrected chi connectivity index (χ4v) is 2.14. The van der Waals surface area contributed by atoms with Crippen molar-refractivity contribution in [2.45, 2.75) is 0 Å². The number of ether oxygens (including phenoxy) is 1. The maximum atomic E-state index is 9.40. The van der Waals surface area contributed by atoms with Crippen molar-refractivity contribution in [3.8, 4) is 11.8 Å². The molecule has 3 rings (SSSR count). The van der Waals surface area contributed by atoms with Crippen LogP contribution in [-0.4, -0.2) is 23.5 Å². The highest BCUT2D eigenvalue weighted by Gasteiger charge is 2.12. The molecule has 24 heavy (non-hydrogen) atoms. The molecule has 3 aromatic rings. The number of benzene rings is 2. The van der Waals surface area contributed by atoms with Crippen LogP contribution in [0.3, 0.4) is 0 Å². The van der Waals surface area contributed by atoms with Crippen molar-refractivity contribution >= 4 is 23.5 Å². The summed E-state index contributed by atoms with van der Waals surface area (Å²) in [6, 6.07) is 19.1. The zero-order chi connectivity index (χ0) is 16.8. The van der Waals surface area contributed by atoms with Gasteiger partial charge in [0.25, 0.3) is 0 Å². The van der Waals surface area contributed by atoms with E-state index in [-0.39, 0.29) is 0 Å². The number of aromatic nitrogens is 2. The third-order valence-electron chi connectivity index (χ3n) is 3.33. The van der Waals surface area contributed by atoms with Gasteiger partial charge in [0.2, 0.25) is 0 Å². The molecular formula is C18H15N5O. The van der Waals surface area contributed by atoms with Gasteiger partial charge in [-0.15, -0.1) is 0 Å². The van der Waals surface area contributed by atoms with Gasteiger partial charge in [0, 0.05) is 11.9 Å². The molecule has 0 atom stereocenters. The van der Waals surface area contributed by atoms with Crippen molar-refractivity contribution in [3.05, 3.63) is 65.7 Å². The third kappa shape index (κ3) is 3.42. The predicted octanol–water partition coefficient (Wildman–Crippen LogP) is 3.78. The highest BCUT2D eigenvalue weighted by Crippen LogP contribution is 2.25. The van der Waals surface area contributed by atoms with Crippen LogP contribution in [0.4, 0.5) is 17.3 Å². The molecule has 0 aliphatic heterocycles. The zero-order valence-corrected chi connectivity index (χ0v) is 13.0. The van der Waals surface area contributed by atoms with E-state index in [1.165, 1.54) is 0 Å². The number of nitrogens with one attached hydrogen (secondary N) is 2. The Morgan fingerprint density at radius 1 is 1.21 bits per heavy atom. The Bertz CT molecular complexity index is 893. The van der Waals surface area contributed by atoms with Crippen LogP contribution in [0.1, 0.15) is 11.1 Å². The standard InChI is InChI=1S/C18H15N5O/c1-24-15-9-5-6-13(10-15)12-20-17-16(11-19)18(23-22-17)21-14-7-3-2-4-8-14/h2-10,12H,1H3,(H2,21,22,23)/b20-12+. The first kappa shape index (κ1) is 15.3. The van der Waals surface area contributed by atoms with Gasteiger partial charge in [0.1, 0.15) is 17.4 Å². The van der Waals surface area contributed by atoms with Gasteiger partial charge in [-0.3, -0.25) is 5.10 Å². The number of aromatic amines is 1. The van der Waals surface area contributed by atoms with Gasteiger partial charge in [-0.1, -0.05) is 30.3 Å². The summed E-state index contributed by atoms with van der Waals surface area (Å²) in [4.78, 5) is 4.32. The Morgan fingerprint density at radius 3 is 2.79 bits per heavy atom. The quantitative estimate of drug-likeness (QED) is 0.701. The molecule has 0 aliphatic carbocycles. The zero-order valence-electron chi connectivity index (χ0n) is 13.0. The van der Waals surface area contributed by atoms with Gasteiger partial charge in [-0.05, 0) is 29.8 Å². The molecule has 0 aliphatic rings. The second-order valence-corrected chi connectivity index (χ2v) is 4.93. The van der Waals surface area contributed by atoms with E-state index in [2.05, 4.69) is 26.6 Å². The van der Waals surface area contributed by atoms with Crippen molar-refractivity contribution in [2.75, 3.05) is 12.4 Å². The summed E-state index contributed by atoms with van der Waals surface area (Å²) in [5.41, 5.74) is 2.08. The molecule has 2 N–H and O–H groups in total. The normalized spacial score (nSPS) is 10.5. The number of hydrogen-bond acceptors (Lipinski definition) is 5. The summed E-state index contributed by atoms with van der Waals surface area (Å²) in [7, 11) is 1.61. The van der Waals surface area contributed by atoms with Gasteiger partial charge in [0.15, 0.2) is 11.6 Å². The van der Waals surface area contributed by atoms with E-state index in [9.17, 15) is 5.26 Å². The number of anilines is 2. The number of H-pyrrole nitrogens is 1. The summed E-state index contributed by atoms with van der Waals surface area (Å²) in [6.45, 7) is 0. The first-order valence-electron chi connectivity index (χ1n) is 7.29. The van der Waals surface area contributed by atoms with Crippen molar-refractivity contribution in [1.29, 1.82) is 5.26 Å². The van der Waals surface area contributed by atoms with Crippen LogP contribution >= 0.6 is 0 Å². The summed E-state index contributed by atoms with van der Waals surface area (Å²) in [5, 5.41) is 19.4. The molecule has 0 saturated carbocycles. The van der Waals surface area contributed by atoms with Crippen LogP contribution < -0.4 is 10.1 Å². The summed E-state index contributed by atoms with van der Waals surface area (Å²) in [5.74, 6) is 1.59. The number of hydrogen-bond donors (Lipinski definition) is 2. The fourth-order valence-electron chi connectivity index (χ4n) is 2.14. The third-order valence-corrected chi connectivity index (χ3v) is 3.33. The van der Waals surface area contributed by atoms with E-state index in [1.807, 2.05) is 54.6 Å². The van der Waals surface area contributed by atoms with Gasteiger partial charge < -0.3 is 10.1 Å². The first-order valence-corrected chi connectivity index (χ1v) is 7.29. The van der Waals surface area contributed by atoms with Crippen LogP contribution in [0.2, 0.25) is 0 Å². The summed E-state index contributed by atoms with van der Waals surface area (Å²) >= 11 is 0. The molecule has 0 fully saturated rings. The topological polar surface area (TPSA) is 86.1 Å². The van der Waals surface area contributed by atoms with Gasteiger partial charge in [0.05, 0.1) is 7.11 Å². The molecule has 0 saturated heterocycles. The van der Waals surface area contributed by atoms with Gasteiger partial charge in [-0.25, -0.2) is 4.99 Å². The summed E-state index contributed by atoms with van der Waals surface area (Å²) < 4.78 is 5.18. The van der Waals surface area contributed by atoms with E-state index in [1.54, 1.807) is 13.3 Å².